The molecule has 0 aliphatic carbocycles. The number of aromatic nitrogens is 3. The molecule has 2 N–H and O–H groups in total. The first-order valence-corrected chi connectivity index (χ1v) is 9.22. The molecule has 0 saturated heterocycles. The molecule has 2 aromatic heterocycles. The van der Waals surface area contributed by atoms with Crippen LogP contribution < -0.4 is 15.4 Å². The van der Waals surface area contributed by atoms with Crippen LogP contribution in [-0.4, -0.2) is 47.8 Å². The number of hydrogen-bond donors (Lipinski definition) is 2. The van der Waals surface area contributed by atoms with Crippen LogP contribution in [0.2, 0.25) is 0 Å². The molecule has 0 atom stereocenters. The van der Waals surface area contributed by atoms with Gasteiger partial charge in [-0.05, 0) is 38.6 Å². The van der Waals surface area contributed by atoms with E-state index in [0.717, 1.165) is 65.0 Å². The monoisotopic (exact) mass is 380 g/mol. The van der Waals surface area contributed by atoms with Crippen LogP contribution in [0.25, 0.3) is 11.3 Å². The number of fused-ring (bicyclic) bond motifs is 1. The van der Waals surface area contributed by atoms with Crippen LogP contribution in [-0.2, 0) is 13.0 Å². The molecule has 1 aromatic carbocycles. The smallest absolute Gasteiger partial charge is 0.229 e. The number of hydrogen-bond acceptors (Lipinski definition) is 8. The lowest BCUT2D eigenvalue weighted by molar-refractivity contribution is 0.302. The number of anilines is 3. The van der Waals surface area contributed by atoms with Crippen LogP contribution in [0.1, 0.15) is 17.0 Å². The van der Waals surface area contributed by atoms with Gasteiger partial charge in [0.15, 0.2) is 5.76 Å². The lowest BCUT2D eigenvalue weighted by Gasteiger charge is -2.21. The summed E-state index contributed by atoms with van der Waals surface area (Å²) in [4.78, 5) is 11.1. The molecule has 8 heteroatoms. The first kappa shape index (κ1) is 18.2. The summed E-state index contributed by atoms with van der Waals surface area (Å²) in [5.74, 6) is 2.80. The molecule has 4 rings (SSSR count). The Morgan fingerprint density at radius 3 is 2.86 bits per heavy atom. The van der Waals surface area contributed by atoms with Gasteiger partial charge in [-0.1, -0.05) is 5.16 Å². The average Bonchev–Trinajstić information content (AvgIpc) is 3.10. The largest absolute Gasteiger partial charge is 0.496 e. The third-order valence-electron chi connectivity index (χ3n) is 4.84. The molecule has 1 aliphatic rings. The number of nitrogens with zero attached hydrogens (tertiary/aromatic N) is 4. The molecule has 28 heavy (non-hydrogen) atoms. The molecule has 146 valence electrons. The van der Waals surface area contributed by atoms with Gasteiger partial charge in [0, 0.05) is 43.1 Å². The summed E-state index contributed by atoms with van der Waals surface area (Å²) in [6.45, 7) is 3.71. The fraction of sp³-hybridized carbons (Fsp3) is 0.350. The maximum Gasteiger partial charge on any atom is 0.229 e. The van der Waals surface area contributed by atoms with Crippen molar-refractivity contribution in [3.63, 3.8) is 0 Å². The van der Waals surface area contributed by atoms with Gasteiger partial charge >= 0.3 is 0 Å². The Morgan fingerprint density at radius 1 is 1.21 bits per heavy atom. The summed E-state index contributed by atoms with van der Waals surface area (Å²) >= 11 is 0. The fourth-order valence-corrected chi connectivity index (χ4v) is 3.42. The number of ether oxygens (including phenoxy) is 1. The zero-order valence-electron chi connectivity index (χ0n) is 16.5. The van der Waals surface area contributed by atoms with Gasteiger partial charge < -0.3 is 24.8 Å². The van der Waals surface area contributed by atoms with E-state index in [2.05, 4.69) is 37.7 Å². The summed E-state index contributed by atoms with van der Waals surface area (Å²) in [5.41, 5.74) is 4.74. The zero-order valence-corrected chi connectivity index (χ0v) is 16.5. The highest BCUT2D eigenvalue weighted by molar-refractivity contribution is 5.75. The third-order valence-corrected chi connectivity index (χ3v) is 4.84. The highest BCUT2D eigenvalue weighted by Crippen LogP contribution is 2.37. The number of likely N-dealkylation sites (N-methyl/N-ethyl adjacent to an activating group) is 1. The fourth-order valence-electron chi connectivity index (χ4n) is 3.42. The van der Waals surface area contributed by atoms with E-state index < -0.39 is 0 Å². The van der Waals surface area contributed by atoms with Gasteiger partial charge in [-0.15, -0.1) is 0 Å². The van der Waals surface area contributed by atoms with Gasteiger partial charge in [0.2, 0.25) is 5.95 Å². The Bertz CT molecular complexity index is 1000. The Kier molecular flexibility index (Phi) is 4.87. The Labute approximate surface area is 163 Å². The van der Waals surface area contributed by atoms with Gasteiger partial charge in [-0.2, -0.15) is 4.98 Å². The van der Waals surface area contributed by atoms with Crippen molar-refractivity contribution in [1.29, 1.82) is 0 Å². The van der Waals surface area contributed by atoms with Crippen molar-refractivity contribution >= 4 is 17.5 Å². The minimum atomic E-state index is 0.529. The molecule has 0 saturated carbocycles. The summed E-state index contributed by atoms with van der Waals surface area (Å²) < 4.78 is 11.3. The van der Waals surface area contributed by atoms with Crippen molar-refractivity contribution in [1.82, 2.24) is 20.0 Å². The Hall–Kier alpha value is -3.13. The van der Waals surface area contributed by atoms with E-state index >= 15 is 0 Å². The maximum atomic E-state index is 5.73. The molecule has 1 aliphatic heterocycles. The van der Waals surface area contributed by atoms with E-state index in [0.29, 0.717) is 5.95 Å². The van der Waals surface area contributed by atoms with Gasteiger partial charge in [0.05, 0.1) is 12.7 Å². The first-order chi connectivity index (χ1) is 13.6. The number of benzene rings is 1. The minimum Gasteiger partial charge on any atom is -0.496 e. The molecule has 8 nitrogen and oxygen atoms in total. The molecular weight excluding hydrogens is 356 g/mol. The quantitative estimate of drug-likeness (QED) is 0.698. The highest BCUT2D eigenvalue weighted by atomic mass is 16.5. The minimum absolute atomic E-state index is 0.529. The van der Waals surface area contributed by atoms with Crippen molar-refractivity contribution in [3.8, 4) is 17.1 Å². The van der Waals surface area contributed by atoms with Crippen LogP contribution in [0.4, 0.5) is 17.5 Å². The summed E-state index contributed by atoms with van der Waals surface area (Å²) in [5, 5.41) is 10.6. The van der Waals surface area contributed by atoms with Crippen molar-refractivity contribution in [2.45, 2.75) is 19.9 Å². The summed E-state index contributed by atoms with van der Waals surface area (Å²) in [6.07, 6.45) is 0.901. The molecule has 0 bridgehead atoms. The van der Waals surface area contributed by atoms with Gasteiger partial charge in [-0.3, -0.25) is 0 Å². The van der Waals surface area contributed by atoms with E-state index in [9.17, 15) is 0 Å². The predicted octanol–water partition coefficient (Wildman–Crippen LogP) is 3.22. The summed E-state index contributed by atoms with van der Waals surface area (Å²) in [7, 11) is 5.58. The molecule has 0 amide bonds. The first-order valence-electron chi connectivity index (χ1n) is 9.22. The van der Waals surface area contributed by atoms with Crippen molar-refractivity contribution in [2.75, 3.05) is 38.4 Å². The summed E-state index contributed by atoms with van der Waals surface area (Å²) in [6, 6.07) is 7.73. The lowest BCUT2D eigenvalue weighted by atomic mass is 10.00. The molecule has 0 fully saturated rings. The standard InChI is InChI=1S/C20H24N6O2/c1-12-9-18(21-2)24-20(22-12)23-13-5-6-17(27-4)15(10-13)19-14-7-8-26(3)11-16(14)25-28-19/h5-6,9-10H,7-8,11H2,1-4H3,(H2,21,22,23,24). The van der Waals surface area contributed by atoms with Crippen molar-refractivity contribution < 1.29 is 9.26 Å². The molecule has 0 unspecified atom stereocenters. The second-order valence-corrected chi connectivity index (χ2v) is 6.93. The van der Waals surface area contributed by atoms with Gasteiger partial charge in [-0.25, -0.2) is 4.98 Å². The van der Waals surface area contributed by atoms with E-state index in [1.807, 2.05) is 38.2 Å². The van der Waals surface area contributed by atoms with Crippen LogP contribution in [0, 0.1) is 6.92 Å². The second kappa shape index (κ2) is 7.47. The van der Waals surface area contributed by atoms with Crippen LogP contribution >= 0.6 is 0 Å². The average molecular weight is 380 g/mol. The number of aryl methyl sites for hydroxylation is 1. The molecule has 3 heterocycles. The molecule has 0 spiro atoms. The highest BCUT2D eigenvalue weighted by Gasteiger charge is 2.25. The number of methoxy groups -OCH3 is 1. The van der Waals surface area contributed by atoms with Crippen LogP contribution in [0.3, 0.4) is 0 Å². The van der Waals surface area contributed by atoms with Crippen LogP contribution in [0.5, 0.6) is 5.75 Å². The lowest BCUT2D eigenvalue weighted by Crippen LogP contribution is -2.26. The molecule has 3 aromatic rings. The van der Waals surface area contributed by atoms with E-state index in [4.69, 9.17) is 9.26 Å². The SMILES string of the molecule is CNc1cc(C)nc(Nc2ccc(OC)c(-c3onc4c3CCN(C)C4)c2)n1. The topological polar surface area (TPSA) is 88.3 Å². The van der Waals surface area contributed by atoms with E-state index in [-0.39, 0.29) is 0 Å². The van der Waals surface area contributed by atoms with E-state index in [1.165, 1.54) is 0 Å². The normalized spacial score (nSPS) is 13.9. The second-order valence-electron chi connectivity index (χ2n) is 6.93. The van der Waals surface area contributed by atoms with Crippen molar-refractivity contribution in [3.05, 3.63) is 41.2 Å². The third kappa shape index (κ3) is 3.50. The number of nitrogens with one attached hydrogen (secondary N) is 2. The van der Waals surface area contributed by atoms with Crippen molar-refractivity contribution in [2.24, 2.45) is 0 Å². The predicted molar refractivity (Wildman–Crippen MR) is 108 cm³/mol. The molecular formula is C20H24N6O2. The molecule has 0 radical (unpaired) electrons. The Balaban J connectivity index is 1.71. The van der Waals surface area contributed by atoms with Crippen LogP contribution in [0.15, 0.2) is 28.8 Å². The number of rotatable bonds is 5. The maximum absolute atomic E-state index is 5.73. The zero-order chi connectivity index (χ0) is 19.7. The van der Waals surface area contributed by atoms with Gasteiger partial charge in [0.1, 0.15) is 17.3 Å². The van der Waals surface area contributed by atoms with E-state index in [1.54, 1.807) is 7.11 Å². The Morgan fingerprint density at radius 2 is 2.07 bits per heavy atom. The van der Waals surface area contributed by atoms with Gasteiger partial charge in [0.25, 0.3) is 0 Å².